The van der Waals surface area contributed by atoms with Gasteiger partial charge in [0, 0.05) is 11.1 Å². The predicted molar refractivity (Wildman–Crippen MR) is 209 cm³/mol. The molecule has 246 valence electrons. The van der Waals surface area contributed by atoms with Crippen molar-refractivity contribution in [2.24, 2.45) is 4.99 Å². The number of fused-ring (bicyclic) bond motifs is 1. The van der Waals surface area contributed by atoms with E-state index >= 15 is 0 Å². The first-order valence-corrected chi connectivity index (χ1v) is 18.7. The minimum absolute atomic E-state index is 0.190. The van der Waals surface area contributed by atoms with E-state index in [0.717, 1.165) is 35.0 Å². The molecule has 0 amide bonds. The molecule has 1 atom stereocenters. The van der Waals surface area contributed by atoms with Crippen molar-refractivity contribution in [1.29, 1.82) is 5.26 Å². The van der Waals surface area contributed by atoms with E-state index in [1.165, 1.54) is 11.3 Å². The van der Waals surface area contributed by atoms with Crippen LogP contribution in [-0.2, 0) is 16.1 Å². The highest BCUT2D eigenvalue weighted by Gasteiger charge is 2.35. The molecule has 1 aliphatic heterocycles. The van der Waals surface area contributed by atoms with Gasteiger partial charge in [0.15, 0.2) is 4.80 Å². The summed E-state index contributed by atoms with van der Waals surface area (Å²) in [4.78, 5) is 33.6. The zero-order chi connectivity index (χ0) is 34.7. The molecule has 1 aliphatic rings. The van der Waals surface area contributed by atoms with Gasteiger partial charge >= 0.3 is 5.97 Å². The summed E-state index contributed by atoms with van der Waals surface area (Å²) >= 11 is 5.76. The van der Waals surface area contributed by atoms with E-state index in [2.05, 4.69) is 65.1 Å². The summed E-state index contributed by atoms with van der Waals surface area (Å²) in [5, 5.41) is 9.46. The molecule has 0 spiro atoms. The van der Waals surface area contributed by atoms with Crippen LogP contribution in [0.3, 0.4) is 0 Å². The quantitative estimate of drug-likeness (QED) is 0.112. The number of aromatic nitrogens is 1. The van der Waals surface area contributed by atoms with Gasteiger partial charge in [0.1, 0.15) is 12.4 Å². The van der Waals surface area contributed by atoms with Crippen LogP contribution in [0.2, 0.25) is 0 Å². The summed E-state index contributed by atoms with van der Waals surface area (Å²) < 4.78 is 15.6. The number of nitrogens with zero attached hydrogens (tertiary/aromatic N) is 3. The first kappa shape index (κ1) is 34.8. The Kier molecular flexibility index (Phi) is 10.8. The lowest BCUT2D eigenvalue weighted by Gasteiger charge is -2.26. The normalized spacial score (nSPS) is 14.3. The number of nitriles is 1. The van der Waals surface area contributed by atoms with Crippen molar-refractivity contribution in [2.75, 3.05) is 6.61 Å². The molecule has 6 rings (SSSR count). The van der Waals surface area contributed by atoms with Crippen molar-refractivity contribution in [3.63, 3.8) is 0 Å². The molecule has 0 bridgehead atoms. The van der Waals surface area contributed by atoms with E-state index in [1.807, 2.05) is 91.0 Å². The monoisotopic (exact) mass is 891 g/mol. The Balaban J connectivity index is 1.48. The molecule has 10 heteroatoms. The van der Waals surface area contributed by atoms with Gasteiger partial charge in [-0.1, -0.05) is 98.0 Å². The van der Waals surface area contributed by atoms with Crippen LogP contribution < -0.4 is 19.6 Å². The minimum Gasteiger partial charge on any atom is -0.487 e. The number of benzene rings is 4. The highest BCUT2D eigenvalue weighted by atomic mass is 127. The average Bonchev–Trinajstić information content (AvgIpc) is 3.41. The zero-order valence-corrected chi connectivity index (χ0v) is 32.1. The van der Waals surface area contributed by atoms with Crippen molar-refractivity contribution in [2.45, 2.75) is 39.3 Å². The number of hydrogen-bond donors (Lipinski definition) is 0. The van der Waals surface area contributed by atoms with Crippen LogP contribution in [0.15, 0.2) is 106 Å². The second kappa shape index (κ2) is 15.2. The van der Waals surface area contributed by atoms with Gasteiger partial charge in [-0.15, -0.1) is 0 Å². The molecule has 0 aliphatic carbocycles. The van der Waals surface area contributed by atoms with Gasteiger partial charge in [0.25, 0.3) is 5.56 Å². The Labute approximate surface area is 315 Å². The molecule has 0 saturated heterocycles. The third-order valence-electron chi connectivity index (χ3n) is 8.12. The Morgan fingerprint density at radius 3 is 2.35 bits per heavy atom. The lowest BCUT2D eigenvalue weighted by Crippen LogP contribution is -2.40. The molecule has 4 aromatic carbocycles. The van der Waals surface area contributed by atoms with Crippen molar-refractivity contribution in [3.8, 4) is 11.8 Å². The molecule has 0 unspecified atom stereocenters. The molecule has 0 radical (unpaired) electrons. The van der Waals surface area contributed by atoms with Crippen molar-refractivity contribution >= 4 is 74.3 Å². The lowest BCUT2D eigenvalue weighted by molar-refractivity contribution is -0.138. The number of esters is 1. The third kappa shape index (κ3) is 7.29. The lowest BCUT2D eigenvalue weighted by atomic mass is 9.91. The molecule has 0 saturated carbocycles. The molecule has 0 fully saturated rings. The van der Waals surface area contributed by atoms with Gasteiger partial charge in [-0.3, -0.25) is 9.36 Å². The van der Waals surface area contributed by atoms with Gasteiger partial charge in [0.05, 0.1) is 47.2 Å². The molecule has 0 N–H and O–H groups in total. The number of halogens is 2. The fourth-order valence-electron chi connectivity index (χ4n) is 5.68. The predicted octanol–water partition coefficient (Wildman–Crippen LogP) is 7.72. The molecule has 5 aromatic rings. The first-order valence-electron chi connectivity index (χ1n) is 15.7. The molecule has 1 aromatic heterocycles. The van der Waals surface area contributed by atoms with Crippen molar-refractivity contribution in [1.82, 2.24) is 4.57 Å². The first-order chi connectivity index (χ1) is 23.7. The van der Waals surface area contributed by atoms with E-state index in [1.54, 1.807) is 17.6 Å². The van der Waals surface area contributed by atoms with Crippen molar-refractivity contribution < 1.29 is 14.3 Å². The highest BCUT2D eigenvalue weighted by Crippen LogP contribution is 2.36. The summed E-state index contributed by atoms with van der Waals surface area (Å²) in [5.41, 5.74) is 5.52. The number of hydrogen-bond acceptors (Lipinski definition) is 7. The number of ether oxygens (including phenoxy) is 2. The molecule has 7 nitrogen and oxygen atoms in total. The van der Waals surface area contributed by atoms with Gasteiger partial charge in [-0.2, -0.15) is 5.26 Å². The van der Waals surface area contributed by atoms with Crippen LogP contribution in [0.25, 0.3) is 11.8 Å². The Morgan fingerprint density at radius 2 is 1.69 bits per heavy atom. The summed E-state index contributed by atoms with van der Waals surface area (Å²) in [6.45, 7) is 6.48. The van der Waals surface area contributed by atoms with Crippen LogP contribution in [0.4, 0.5) is 0 Å². The van der Waals surface area contributed by atoms with Crippen molar-refractivity contribution in [3.05, 3.63) is 157 Å². The number of rotatable bonds is 9. The summed E-state index contributed by atoms with van der Waals surface area (Å²) in [7, 11) is 0. The Bertz CT molecular complexity index is 2280. The number of carbonyl (C=O) groups is 1. The van der Waals surface area contributed by atoms with Crippen LogP contribution in [0, 0.1) is 18.5 Å². The fourth-order valence-corrected chi connectivity index (χ4v) is 8.80. The second-order valence-electron chi connectivity index (χ2n) is 11.6. The Hall–Kier alpha value is -4.06. The summed E-state index contributed by atoms with van der Waals surface area (Å²) in [6.07, 6.45) is 1.86. The van der Waals surface area contributed by atoms with E-state index in [0.29, 0.717) is 37.8 Å². The summed E-state index contributed by atoms with van der Waals surface area (Å²) in [5.74, 6) is 0.533. The van der Waals surface area contributed by atoms with E-state index in [4.69, 9.17) is 14.5 Å². The van der Waals surface area contributed by atoms with Gasteiger partial charge in [-0.05, 0) is 99.0 Å². The van der Waals surface area contributed by atoms with Gasteiger partial charge in [-0.25, -0.2) is 9.79 Å². The molecular weight excluding hydrogens is 860 g/mol. The van der Waals surface area contributed by atoms with E-state index in [9.17, 15) is 14.9 Å². The summed E-state index contributed by atoms with van der Waals surface area (Å²) in [6, 6.07) is 30.4. The van der Waals surface area contributed by atoms with E-state index < -0.39 is 12.0 Å². The Morgan fingerprint density at radius 1 is 1.02 bits per heavy atom. The second-order valence-corrected chi connectivity index (χ2v) is 15.0. The number of thiazole rings is 1. The maximum absolute atomic E-state index is 14.4. The SMILES string of the molecule is CCOC(=O)C1=C(c2ccccc2)N=c2s/c(=C\c3cc(I)c(OCc4ccccc4C#N)c(I)c3)c(=O)n2[C@H]1c1ccc(C(C)C)cc1. The van der Waals surface area contributed by atoms with Crippen LogP contribution in [-0.4, -0.2) is 17.1 Å². The average molecular weight is 892 g/mol. The minimum atomic E-state index is -0.735. The molecule has 49 heavy (non-hydrogen) atoms. The standard InChI is InChI=1S/C39H31I2N3O4S/c1-4-47-38(46)33-34(26-10-6-5-7-11-26)43-39-44(35(33)27-16-14-25(15-17-27)23(2)3)37(45)32(49-39)20-24-18-30(40)36(31(41)19-24)48-22-29-13-9-8-12-28(29)21-42/h5-20,23,35H,4,22H2,1-3H3/b32-20-/t35-/m0/s1. The zero-order valence-electron chi connectivity index (χ0n) is 26.9. The largest absolute Gasteiger partial charge is 0.487 e. The topological polar surface area (TPSA) is 93.7 Å². The molecule has 2 heterocycles. The van der Waals surface area contributed by atoms with Gasteiger partial charge < -0.3 is 9.47 Å². The third-order valence-corrected chi connectivity index (χ3v) is 10.7. The van der Waals surface area contributed by atoms with Crippen LogP contribution in [0.5, 0.6) is 5.75 Å². The highest BCUT2D eigenvalue weighted by molar-refractivity contribution is 14.1. The fraction of sp³-hybridized carbons (Fsp3) is 0.179. The van der Waals surface area contributed by atoms with Crippen LogP contribution >= 0.6 is 56.5 Å². The number of carbonyl (C=O) groups excluding carboxylic acids is 1. The maximum atomic E-state index is 14.4. The smallest absolute Gasteiger partial charge is 0.338 e. The maximum Gasteiger partial charge on any atom is 0.338 e. The van der Waals surface area contributed by atoms with Gasteiger partial charge in [0.2, 0.25) is 0 Å². The van der Waals surface area contributed by atoms with E-state index in [-0.39, 0.29) is 18.8 Å². The molecular formula is C39H31I2N3O4S. The van der Waals surface area contributed by atoms with Crippen LogP contribution in [0.1, 0.15) is 66.1 Å².